The van der Waals surface area contributed by atoms with Crippen molar-refractivity contribution in [2.75, 3.05) is 0 Å². The normalized spacial score (nSPS) is 31.3. The van der Waals surface area contributed by atoms with Gasteiger partial charge in [-0.05, 0) is 85.1 Å². The molecular weight excluding hydrogens is 366 g/mol. The molecule has 3 fully saturated rings. The van der Waals surface area contributed by atoms with E-state index in [1.54, 1.807) is 0 Å². The van der Waals surface area contributed by atoms with Crippen LogP contribution in [-0.4, -0.2) is 11.3 Å². The summed E-state index contributed by atoms with van der Waals surface area (Å²) in [7, 11) is 0. The molecule has 1 N–H and O–H groups in total. The Morgan fingerprint density at radius 1 is 0.867 bits per heavy atom. The Hall–Kier alpha value is -2.09. The minimum absolute atomic E-state index is 0.469. The average molecular weight is 402 g/mol. The third-order valence-corrected chi connectivity index (χ3v) is 8.28. The van der Waals surface area contributed by atoms with Gasteiger partial charge in [-0.3, -0.25) is 4.99 Å². The summed E-state index contributed by atoms with van der Waals surface area (Å²) < 4.78 is 0. The Labute approximate surface area is 181 Å². The molecular formula is C28H35NO. The SMILES string of the molecule is Cc1cc(C=Nc2ccccc2)c(O)c(C2CCCC3CC4CCCCC4CC32)c1. The smallest absolute Gasteiger partial charge is 0.127 e. The van der Waals surface area contributed by atoms with Crippen LogP contribution in [0.4, 0.5) is 5.69 Å². The van der Waals surface area contributed by atoms with E-state index in [4.69, 9.17) is 0 Å². The minimum atomic E-state index is 0.469. The quantitative estimate of drug-likeness (QED) is 0.529. The fourth-order valence-corrected chi connectivity index (χ4v) is 6.91. The predicted molar refractivity (Wildman–Crippen MR) is 125 cm³/mol. The minimum Gasteiger partial charge on any atom is -0.507 e. The van der Waals surface area contributed by atoms with Crippen molar-refractivity contribution in [2.45, 2.75) is 70.6 Å². The summed E-state index contributed by atoms with van der Waals surface area (Å²) in [4.78, 5) is 4.62. The third kappa shape index (κ3) is 3.94. The number of nitrogens with zero attached hydrogens (tertiary/aromatic N) is 1. The lowest BCUT2D eigenvalue weighted by Gasteiger charge is -2.49. The number of phenolic OH excluding ortho intramolecular Hbond substituents is 1. The highest BCUT2D eigenvalue weighted by molar-refractivity contribution is 5.86. The first-order valence-electron chi connectivity index (χ1n) is 12.1. The maximum absolute atomic E-state index is 11.3. The van der Waals surface area contributed by atoms with Gasteiger partial charge in [0.15, 0.2) is 0 Å². The van der Waals surface area contributed by atoms with Gasteiger partial charge in [0.2, 0.25) is 0 Å². The second-order valence-corrected chi connectivity index (χ2v) is 10.1. The topological polar surface area (TPSA) is 32.6 Å². The van der Waals surface area contributed by atoms with Crippen LogP contribution in [0, 0.1) is 30.6 Å². The zero-order chi connectivity index (χ0) is 20.5. The molecule has 3 aliphatic carbocycles. The predicted octanol–water partition coefficient (Wildman–Crippen LogP) is 7.55. The van der Waals surface area contributed by atoms with Gasteiger partial charge in [-0.1, -0.05) is 62.8 Å². The summed E-state index contributed by atoms with van der Waals surface area (Å²) in [6.07, 6.45) is 14.4. The van der Waals surface area contributed by atoms with Crippen LogP contribution in [0.25, 0.3) is 0 Å². The van der Waals surface area contributed by atoms with Gasteiger partial charge in [0.25, 0.3) is 0 Å². The number of fused-ring (bicyclic) bond motifs is 2. The summed E-state index contributed by atoms with van der Waals surface area (Å²) >= 11 is 0. The number of para-hydroxylation sites is 1. The Morgan fingerprint density at radius 3 is 2.40 bits per heavy atom. The molecule has 0 aromatic heterocycles. The molecule has 5 unspecified atom stereocenters. The molecule has 0 spiro atoms. The average Bonchev–Trinajstić information content (AvgIpc) is 2.78. The maximum Gasteiger partial charge on any atom is 0.127 e. The Kier molecular flexibility index (Phi) is 5.67. The van der Waals surface area contributed by atoms with Gasteiger partial charge in [-0.2, -0.15) is 0 Å². The second-order valence-electron chi connectivity index (χ2n) is 10.1. The molecule has 0 aliphatic heterocycles. The third-order valence-electron chi connectivity index (χ3n) is 8.28. The Balaban J connectivity index is 1.44. The summed E-state index contributed by atoms with van der Waals surface area (Å²) in [5.74, 6) is 4.52. The van der Waals surface area contributed by atoms with Crippen molar-refractivity contribution in [3.8, 4) is 5.75 Å². The van der Waals surface area contributed by atoms with E-state index in [2.05, 4.69) is 24.0 Å². The highest BCUT2D eigenvalue weighted by atomic mass is 16.3. The molecule has 0 heterocycles. The van der Waals surface area contributed by atoms with Crippen LogP contribution in [0.15, 0.2) is 47.5 Å². The maximum atomic E-state index is 11.3. The largest absolute Gasteiger partial charge is 0.507 e. The Morgan fingerprint density at radius 2 is 1.60 bits per heavy atom. The molecule has 2 aromatic carbocycles. The van der Waals surface area contributed by atoms with E-state index >= 15 is 0 Å². The number of hydrogen-bond acceptors (Lipinski definition) is 2. The first kappa shape index (κ1) is 19.8. The Bertz CT molecular complexity index is 902. The fraction of sp³-hybridized carbons (Fsp3) is 0.536. The molecule has 0 amide bonds. The van der Waals surface area contributed by atoms with Gasteiger partial charge in [0.1, 0.15) is 5.75 Å². The first-order chi connectivity index (χ1) is 14.7. The summed E-state index contributed by atoms with van der Waals surface area (Å²) in [5, 5.41) is 11.3. The zero-order valence-electron chi connectivity index (χ0n) is 18.3. The van der Waals surface area contributed by atoms with E-state index in [1.807, 2.05) is 36.5 Å². The van der Waals surface area contributed by atoms with Gasteiger partial charge >= 0.3 is 0 Å². The van der Waals surface area contributed by atoms with E-state index in [9.17, 15) is 5.11 Å². The molecule has 2 aromatic rings. The van der Waals surface area contributed by atoms with Crippen molar-refractivity contribution in [2.24, 2.45) is 28.7 Å². The van der Waals surface area contributed by atoms with E-state index < -0.39 is 0 Å². The van der Waals surface area contributed by atoms with Crippen LogP contribution in [0.2, 0.25) is 0 Å². The monoisotopic (exact) mass is 401 g/mol. The molecule has 158 valence electrons. The van der Waals surface area contributed by atoms with Crippen molar-refractivity contribution >= 4 is 11.9 Å². The second kappa shape index (κ2) is 8.57. The standard InChI is InChI=1S/C28H35NO/c1-19-14-23(18-29-24-11-3-2-4-12-24)28(30)27(15-19)25-13-7-10-22-16-20-8-5-6-9-21(20)17-26(22)25/h2-4,11-12,14-15,18,20-22,25-26,30H,5-10,13,16-17H2,1H3. The van der Waals surface area contributed by atoms with Crippen molar-refractivity contribution in [3.63, 3.8) is 0 Å². The van der Waals surface area contributed by atoms with E-state index in [0.29, 0.717) is 11.7 Å². The van der Waals surface area contributed by atoms with E-state index in [-0.39, 0.29) is 0 Å². The molecule has 0 radical (unpaired) electrons. The van der Waals surface area contributed by atoms with Crippen molar-refractivity contribution in [3.05, 3.63) is 59.2 Å². The number of aromatic hydroxyl groups is 1. The molecule has 2 heteroatoms. The van der Waals surface area contributed by atoms with Crippen LogP contribution in [-0.2, 0) is 0 Å². The fourth-order valence-electron chi connectivity index (χ4n) is 6.91. The van der Waals surface area contributed by atoms with Gasteiger partial charge in [-0.25, -0.2) is 0 Å². The number of aliphatic imine (C=N–C) groups is 1. The lowest BCUT2D eigenvalue weighted by molar-refractivity contribution is 0.0385. The molecule has 0 bridgehead atoms. The molecule has 0 saturated heterocycles. The molecule has 5 rings (SSSR count). The van der Waals surface area contributed by atoms with Crippen molar-refractivity contribution in [1.29, 1.82) is 0 Å². The lowest BCUT2D eigenvalue weighted by atomic mass is 9.56. The van der Waals surface area contributed by atoms with Gasteiger partial charge in [0, 0.05) is 11.8 Å². The number of benzene rings is 2. The number of aryl methyl sites for hydroxylation is 1. The number of phenols is 1. The van der Waals surface area contributed by atoms with Crippen molar-refractivity contribution < 1.29 is 5.11 Å². The van der Waals surface area contributed by atoms with Crippen LogP contribution in [0.3, 0.4) is 0 Å². The van der Waals surface area contributed by atoms with Crippen LogP contribution >= 0.6 is 0 Å². The van der Waals surface area contributed by atoms with Gasteiger partial charge in [-0.15, -0.1) is 0 Å². The van der Waals surface area contributed by atoms with Crippen LogP contribution < -0.4 is 0 Å². The first-order valence-corrected chi connectivity index (χ1v) is 12.1. The van der Waals surface area contributed by atoms with Gasteiger partial charge in [0.05, 0.1) is 5.69 Å². The summed E-state index contributed by atoms with van der Waals surface area (Å²) in [6.45, 7) is 2.15. The highest BCUT2D eigenvalue weighted by Gasteiger charge is 2.43. The van der Waals surface area contributed by atoms with Crippen LogP contribution in [0.5, 0.6) is 5.75 Å². The molecule has 5 atom stereocenters. The van der Waals surface area contributed by atoms with E-state index in [0.717, 1.165) is 34.9 Å². The number of rotatable bonds is 3. The zero-order valence-corrected chi connectivity index (χ0v) is 18.3. The molecule has 3 saturated carbocycles. The molecule has 2 nitrogen and oxygen atoms in total. The van der Waals surface area contributed by atoms with Gasteiger partial charge < -0.3 is 5.11 Å². The van der Waals surface area contributed by atoms with Crippen LogP contribution in [0.1, 0.15) is 80.4 Å². The lowest BCUT2D eigenvalue weighted by Crippen LogP contribution is -2.38. The summed E-state index contributed by atoms with van der Waals surface area (Å²) in [5.41, 5.74) is 4.20. The van der Waals surface area contributed by atoms with E-state index in [1.165, 1.54) is 68.9 Å². The van der Waals surface area contributed by atoms with Crippen molar-refractivity contribution in [1.82, 2.24) is 0 Å². The molecule has 3 aliphatic rings. The number of hydrogen-bond donors (Lipinski definition) is 1. The highest BCUT2D eigenvalue weighted by Crippen LogP contribution is 2.55. The molecule has 30 heavy (non-hydrogen) atoms. The summed E-state index contributed by atoms with van der Waals surface area (Å²) in [6, 6.07) is 14.3.